The zero-order valence-electron chi connectivity index (χ0n) is 5.68. The Balaban J connectivity index is 2.78. The van der Waals surface area contributed by atoms with Crippen molar-refractivity contribution in [1.29, 1.82) is 0 Å². The third-order valence-electron chi connectivity index (χ3n) is 1.08. The predicted octanol–water partition coefficient (Wildman–Crippen LogP) is 1.43. The third kappa shape index (κ3) is 1.42. The largest absolute Gasteiger partial charge is 0.347 e. The van der Waals surface area contributed by atoms with Crippen molar-refractivity contribution in [2.45, 2.75) is 13.8 Å². The predicted molar refractivity (Wildman–Crippen MR) is 39.1 cm³/mol. The molecule has 0 bridgehead atoms. The van der Waals surface area contributed by atoms with Gasteiger partial charge in [-0.25, -0.2) is 4.99 Å². The number of aliphatic imine (C=N–C) groups is 1. The van der Waals surface area contributed by atoms with Crippen LogP contribution in [0.4, 0.5) is 0 Å². The highest BCUT2D eigenvalue weighted by atomic mass is 15.0. The Bertz CT molecular complexity index is 183. The number of hydrogen-bond donors (Lipinski definition) is 1. The van der Waals surface area contributed by atoms with Crippen LogP contribution in [0.3, 0.4) is 0 Å². The molecule has 48 valence electrons. The van der Waals surface area contributed by atoms with Crippen LogP contribution in [0.2, 0.25) is 0 Å². The molecule has 0 spiro atoms. The summed E-state index contributed by atoms with van der Waals surface area (Å²) >= 11 is 0. The van der Waals surface area contributed by atoms with E-state index < -0.39 is 0 Å². The van der Waals surface area contributed by atoms with Crippen molar-refractivity contribution < 1.29 is 0 Å². The fourth-order valence-electron chi connectivity index (χ4n) is 0.598. The first-order chi connectivity index (χ1) is 4.30. The molecule has 0 fully saturated rings. The lowest BCUT2D eigenvalue weighted by molar-refractivity contribution is 0.980. The van der Waals surface area contributed by atoms with E-state index in [0.29, 0.717) is 0 Å². The van der Waals surface area contributed by atoms with E-state index in [9.17, 15) is 0 Å². The minimum atomic E-state index is 0.956. The Labute approximate surface area is 55.0 Å². The molecule has 0 amide bonds. The lowest BCUT2D eigenvalue weighted by Gasteiger charge is -2.05. The Hall–Kier alpha value is -1.05. The summed E-state index contributed by atoms with van der Waals surface area (Å²) in [6, 6.07) is 0. The zero-order chi connectivity index (χ0) is 6.69. The van der Waals surface area contributed by atoms with Crippen molar-refractivity contribution >= 4 is 6.21 Å². The van der Waals surface area contributed by atoms with Gasteiger partial charge in [-0.2, -0.15) is 0 Å². The molecule has 0 atom stereocenters. The number of hydrogen-bond acceptors (Lipinski definition) is 2. The topological polar surface area (TPSA) is 24.4 Å². The standard InChI is InChI=1S/C7H10N2/c1-6(2)7-8-4-3-5-9-7/h3-5,8H,1-2H3. The molecule has 1 aliphatic heterocycles. The molecule has 0 radical (unpaired) electrons. The van der Waals surface area contributed by atoms with Crippen molar-refractivity contribution in [2.24, 2.45) is 4.99 Å². The van der Waals surface area contributed by atoms with Gasteiger partial charge in [0, 0.05) is 12.4 Å². The minimum absolute atomic E-state index is 0.956. The van der Waals surface area contributed by atoms with E-state index in [-0.39, 0.29) is 0 Å². The maximum absolute atomic E-state index is 4.09. The summed E-state index contributed by atoms with van der Waals surface area (Å²) in [5, 5.41) is 3.02. The van der Waals surface area contributed by atoms with Crippen LogP contribution in [0.5, 0.6) is 0 Å². The molecule has 0 saturated carbocycles. The van der Waals surface area contributed by atoms with Gasteiger partial charge in [-0.05, 0) is 25.5 Å². The van der Waals surface area contributed by atoms with Crippen molar-refractivity contribution in [3.63, 3.8) is 0 Å². The van der Waals surface area contributed by atoms with E-state index in [1.165, 1.54) is 5.57 Å². The number of nitrogens with one attached hydrogen (secondary N) is 1. The van der Waals surface area contributed by atoms with E-state index in [4.69, 9.17) is 0 Å². The molecular formula is C7H10N2. The molecule has 2 heteroatoms. The molecule has 1 aliphatic rings. The Kier molecular flexibility index (Phi) is 1.68. The van der Waals surface area contributed by atoms with Crippen LogP contribution in [0.1, 0.15) is 13.8 Å². The van der Waals surface area contributed by atoms with E-state index in [2.05, 4.69) is 10.3 Å². The third-order valence-corrected chi connectivity index (χ3v) is 1.08. The van der Waals surface area contributed by atoms with E-state index >= 15 is 0 Å². The molecule has 0 aromatic heterocycles. The molecule has 1 N–H and O–H groups in total. The maximum Gasteiger partial charge on any atom is 0.128 e. The van der Waals surface area contributed by atoms with Crippen molar-refractivity contribution in [1.82, 2.24) is 5.32 Å². The van der Waals surface area contributed by atoms with Crippen LogP contribution < -0.4 is 5.32 Å². The van der Waals surface area contributed by atoms with Gasteiger partial charge in [0.15, 0.2) is 0 Å². The molecular weight excluding hydrogens is 112 g/mol. The molecule has 9 heavy (non-hydrogen) atoms. The second-order valence-electron chi connectivity index (χ2n) is 2.13. The van der Waals surface area contributed by atoms with E-state index in [1.54, 1.807) is 6.21 Å². The van der Waals surface area contributed by atoms with Gasteiger partial charge in [0.1, 0.15) is 5.82 Å². The SMILES string of the molecule is CC(C)=C1N=CC=CN1. The molecule has 2 nitrogen and oxygen atoms in total. The average Bonchev–Trinajstić information content (AvgIpc) is 1.90. The lowest BCUT2D eigenvalue weighted by Crippen LogP contribution is -2.07. The first-order valence-electron chi connectivity index (χ1n) is 2.94. The Morgan fingerprint density at radius 2 is 2.33 bits per heavy atom. The minimum Gasteiger partial charge on any atom is -0.347 e. The summed E-state index contributed by atoms with van der Waals surface area (Å²) in [4.78, 5) is 4.09. The summed E-state index contributed by atoms with van der Waals surface area (Å²) in [6.45, 7) is 4.05. The van der Waals surface area contributed by atoms with Crippen LogP contribution in [0.15, 0.2) is 28.7 Å². The van der Waals surface area contributed by atoms with Crippen LogP contribution in [-0.2, 0) is 0 Å². The number of rotatable bonds is 0. The average molecular weight is 122 g/mol. The van der Waals surface area contributed by atoms with Gasteiger partial charge >= 0.3 is 0 Å². The summed E-state index contributed by atoms with van der Waals surface area (Å²) < 4.78 is 0. The van der Waals surface area contributed by atoms with Gasteiger partial charge in [0.05, 0.1) is 0 Å². The number of allylic oxidation sites excluding steroid dienone is 2. The van der Waals surface area contributed by atoms with Gasteiger partial charge in [0.25, 0.3) is 0 Å². The summed E-state index contributed by atoms with van der Waals surface area (Å²) in [6.07, 6.45) is 5.51. The fraction of sp³-hybridized carbons (Fsp3) is 0.286. The molecule has 0 aliphatic carbocycles. The summed E-state index contributed by atoms with van der Waals surface area (Å²) in [5.41, 5.74) is 1.20. The van der Waals surface area contributed by atoms with Crippen LogP contribution in [0, 0.1) is 0 Å². The van der Waals surface area contributed by atoms with Gasteiger partial charge in [-0.15, -0.1) is 0 Å². The monoisotopic (exact) mass is 122 g/mol. The molecule has 1 heterocycles. The van der Waals surface area contributed by atoms with Gasteiger partial charge in [-0.1, -0.05) is 0 Å². The van der Waals surface area contributed by atoms with Crippen LogP contribution in [0.25, 0.3) is 0 Å². The highest BCUT2D eigenvalue weighted by Gasteiger charge is 1.93. The Morgan fingerprint density at radius 1 is 1.56 bits per heavy atom. The van der Waals surface area contributed by atoms with Crippen LogP contribution >= 0.6 is 0 Å². The molecule has 1 rings (SSSR count). The van der Waals surface area contributed by atoms with Gasteiger partial charge < -0.3 is 5.32 Å². The summed E-state index contributed by atoms with van der Waals surface area (Å²) in [7, 11) is 0. The Morgan fingerprint density at radius 3 is 2.67 bits per heavy atom. The highest BCUT2D eigenvalue weighted by molar-refractivity contribution is 5.73. The van der Waals surface area contributed by atoms with Crippen molar-refractivity contribution in [3.8, 4) is 0 Å². The lowest BCUT2D eigenvalue weighted by atomic mass is 10.3. The quantitative estimate of drug-likeness (QED) is 0.516. The normalized spacial score (nSPS) is 15.6. The first kappa shape index (κ1) is 6.08. The molecule has 0 aromatic carbocycles. The zero-order valence-corrected chi connectivity index (χ0v) is 5.68. The van der Waals surface area contributed by atoms with E-state index in [0.717, 1.165) is 5.82 Å². The van der Waals surface area contributed by atoms with E-state index in [1.807, 2.05) is 26.1 Å². The second-order valence-corrected chi connectivity index (χ2v) is 2.13. The maximum atomic E-state index is 4.09. The molecule has 0 aromatic rings. The number of nitrogens with zero attached hydrogens (tertiary/aromatic N) is 1. The molecule has 0 saturated heterocycles. The van der Waals surface area contributed by atoms with Gasteiger partial charge in [0.2, 0.25) is 0 Å². The van der Waals surface area contributed by atoms with Crippen LogP contribution in [-0.4, -0.2) is 6.21 Å². The first-order valence-corrected chi connectivity index (χ1v) is 2.94. The smallest absolute Gasteiger partial charge is 0.128 e. The van der Waals surface area contributed by atoms with Crippen molar-refractivity contribution in [2.75, 3.05) is 0 Å². The summed E-state index contributed by atoms with van der Waals surface area (Å²) in [5.74, 6) is 0.956. The van der Waals surface area contributed by atoms with Crippen molar-refractivity contribution in [3.05, 3.63) is 23.7 Å². The fourth-order valence-corrected chi connectivity index (χ4v) is 0.598. The highest BCUT2D eigenvalue weighted by Crippen LogP contribution is 2.01. The van der Waals surface area contributed by atoms with Gasteiger partial charge in [-0.3, -0.25) is 0 Å². The molecule has 0 unspecified atom stereocenters. The second kappa shape index (κ2) is 2.49.